The number of carboxylic acid groups (broad SMARTS) is 1. The van der Waals surface area contributed by atoms with Crippen LogP contribution in [0.15, 0.2) is 30.3 Å². The fourth-order valence-electron chi connectivity index (χ4n) is 1.66. The van der Waals surface area contributed by atoms with Crippen molar-refractivity contribution in [2.75, 3.05) is 7.05 Å². The minimum Gasteiger partial charge on any atom is -0.480 e. The molecule has 1 rings (SSSR count). The standard InChI is InChI=1S/C14H16FNO3/c1-3-12(14(18)19)16(2)13(17)9-8-10-6-4-5-7-11(10)15/h4-9,12H,3H2,1-2H3,(H,18,19). The van der Waals surface area contributed by atoms with Crippen LogP contribution >= 0.6 is 0 Å². The largest absolute Gasteiger partial charge is 0.480 e. The number of aliphatic carboxylic acids is 1. The molecular formula is C14H16FNO3. The molecule has 1 aromatic carbocycles. The molecule has 0 aliphatic heterocycles. The lowest BCUT2D eigenvalue weighted by atomic mass is 10.1. The van der Waals surface area contributed by atoms with Gasteiger partial charge in [0.25, 0.3) is 0 Å². The van der Waals surface area contributed by atoms with Crippen LogP contribution in [0, 0.1) is 5.82 Å². The van der Waals surface area contributed by atoms with E-state index in [0.717, 1.165) is 4.90 Å². The normalized spacial score (nSPS) is 12.4. The minimum atomic E-state index is -1.06. The molecule has 0 saturated heterocycles. The van der Waals surface area contributed by atoms with Crippen LogP contribution in [0.5, 0.6) is 0 Å². The summed E-state index contributed by atoms with van der Waals surface area (Å²) in [4.78, 5) is 23.8. The topological polar surface area (TPSA) is 57.6 Å². The summed E-state index contributed by atoms with van der Waals surface area (Å²) < 4.78 is 13.3. The van der Waals surface area contributed by atoms with E-state index in [2.05, 4.69) is 0 Å². The van der Waals surface area contributed by atoms with E-state index < -0.39 is 23.7 Å². The maximum Gasteiger partial charge on any atom is 0.326 e. The first kappa shape index (κ1) is 14.9. The molecule has 1 unspecified atom stereocenters. The molecule has 4 nitrogen and oxygen atoms in total. The highest BCUT2D eigenvalue weighted by Crippen LogP contribution is 2.09. The molecule has 0 spiro atoms. The molecular weight excluding hydrogens is 249 g/mol. The van der Waals surface area contributed by atoms with Crippen LogP contribution in [0.1, 0.15) is 18.9 Å². The molecule has 1 aromatic rings. The molecule has 0 aliphatic rings. The van der Waals surface area contributed by atoms with Gasteiger partial charge < -0.3 is 10.0 Å². The second-order valence-corrected chi connectivity index (χ2v) is 4.07. The van der Waals surface area contributed by atoms with E-state index in [1.54, 1.807) is 19.1 Å². The number of carbonyl (C=O) groups is 2. The van der Waals surface area contributed by atoms with Crippen LogP contribution in [0.3, 0.4) is 0 Å². The molecule has 19 heavy (non-hydrogen) atoms. The summed E-state index contributed by atoms with van der Waals surface area (Å²) in [5.74, 6) is -1.96. The summed E-state index contributed by atoms with van der Waals surface area (Å²) in [7, 11) is 1.41. The second kappa shape index (κ2) is 6.68. The molecule has 1 atom stereocenters. The third kappa shape index (κ3) is 3.91. The number of benzene rings is 1. The molecule has 102 valence electrons. The van der Waals surface area contributed by atoms with Gasteiger partial charge in [0.1, 0.15) is 11.9 Å². The number of rotatable bonds is 5. The molecule has 0 bridgehead atoms. The number of hydrogen-bond acceptors (Lipinski definition) is 2. The van der Waals surface area contributed by atoms with Crippen LogP contribution in [0.4, 0.5) is 4.39 Å². The van der Waals surface area contributed by atoms with Crippen LogP contribution in [-0.4, -0.2) is 35.0 Å². The fourth-order valence-corrected chi connectivity index (χ4v) is 1.66. The van der Waals surface area contributed by atoms with Gasteiger partial charge in [0.05, 0.1) is 0 Å². The smallest absolute Gasteiger partial charge is 0.326 e. The maximum absolute atomic E-state index is 13.3. The van der Waals surface area contributed by atoms with Crippen molar-refractivity contribution >= 4 is 18.0 Å². The average Bonchev–Trinajstić information content (AvgIpc) is 2.37. The third-order valence-electron chi connectivity index (χ3n) is 2.80. The predicted octanol–water partition coefficient (Wildman–Crippen LogP) is 2.16. The van der Waals surface area contributed by atoms with Gasteiger partial charge in [-0.2, -0.15) is 0 Å². The highest BCUT2D eigenvalue weighted by atomic mass is 19.1. The van der Waals surface area contributed by atoms with Crippen molar-refractivity contribution in [2.24, 2.45) is 0 Å². The minimum absolute atomic E-state index is 0.285. The SMILES string of the molecule is CCC(C(=O)O)N(C)C(=O)C=Cc1ccccc1F. The summed E-state index contributed by atoms with van der Waals surface area (Å²) in [6.45, 7) is 1.68. The van der Waals surface area contributed by atoms with Crippen molar-refractivity contribution < 1.29 is 19.1 Å². The van der Waals surface area contributed by atoms with Crippen LogP contribution < -0.4 is 0 Å². The zero-order valence-electron chi connectivity index (χ0n) is 10.8. The van der Waals surface area contributed by atoms with Crippen LogP contribution in [0.25, 0.3) is 6.08 Å². The zero-order chi connectivity index (χ0) is 14.4. The fraction of sp³-hybridized carbons (Fsp3) is 0.286. The summed E-state index contributed by atoms with van der Waals surface area (Å²) in [6, 6.07) is 5.16. The number of halogens is 1. The summed E-state index contributed by atoms with van der Waals surface area (Å²) >= 11 is 0. The first-order chi connectivity index (χ1) is 8.97. The maximum atomic E-state index is 13.3. The molecule has 0 fully saturated rings. The van der Waals surface area contributed by atoms with Crippen molar-refractivity contribution in [1.29, 1.82) is 0 Å². The van der Waals surface area contributed by atoms with Crippen molar-refractivity contribution in [3.8, 4) is 0 Å². The molecule has 5 heteroatoms. The summed E-state index contributed by atoms with van der Waals surface area (Å²) in [6.07, 6.45) is 2.82. The number of carboxylic acids is 1. The van der Waals surface area contributed by atoms with E-state index >= 15 is 0 Å². The Morgan fingerprint density at radius 3 is 2.58 bits per heavy atom. The Morgan fingerprint density at radius 2 is 2.05 bits per heavy atom. The van der Waals surface area contributed by atoms with Gasteiger partial charge in [0.15, 0.2) is 0 Å². The molecule has 1 N–H and O–H groups in total. The first-order valence-electron chi connectivity index (χ1n) is 5.89. The molecule has 0 radical (unpaired) electrons. The molecule has 1 amide bonds. The zero-order valence-corrected chi connectivity index (χ0v) is 10.8. The summed E-state index contributed by atoms with van der Waals surface area (Å²) in [5, 5.41) is 8.94. The van der Waals surface area contributed by atoms with E-state index in [-0.39, 0.29) is 5.56 Å². The van der Waals surface area contributed by atoms with Gasteiger partial charge in [0, 0.05) is 18.7 Å². The van der Waals surface area contributed by atoms with E-state index in [0.29, 0.717) is 6.42 Å². The quantitative estimate of drug-likeness (QED) is 0.830. The Morgan fingerprint density at radius 1 is 1.42 bits per heavy atom. The lowest BCUT2D eigenvalue weighted by Crippen LogP contribution is -2.41. The van der Waals surface area contributed by atoms with Gasteiger partial charge in [-0.25, -0.2) is 9.18 Å². The Labute approximate surface area is 111 Å². The molecule has 0 saturated carbocycles. The Kier molecular flexibility index (Phi) is 5.23. The van der Waals surface area contributed by atoms with E-state index in [9.17, 15) is 14.0 Å². The van der Waals surface area contributed by atoms with Gasteiger partial charge in [-0.15, -0.1) is 0 Å². The number of likely N-dealkylation sites (N-methyl/N-ethyl adjacent to an activating group) is 1. The van der Waals surface area contributed by atoms with E-state index in [1.807, 2.05) is 0 Å². The van der Waals surface area contributed by atoms with Gasteiger partial charge in [-0.3, -0.25) is 4.79 Å². The van der Waals surface area contributed by atoms with E-state index in [1.165, 1.54) is 31.3 Å². The van der Waals surface area contributed by atoms with Crippen LogP contribution in [-0.2, 0) is 9.59 Å². The van der Waals surface area contributed by atoms with Gasteiger partial charge in [0.2, 0.25) is 5.91 Å². The molecule has 0 heterocycles. The van der Waals surface area contributed by atoms with Crippen molar-refractivity contribution in [1.82, 2.24) is 4.90 Å². The molecule has 0 aromatic heterocycles. The third-order valence-corrected chi connectivity index (χ3v) is 2.80. The highest BCUT2D eigenvalue weighted by Gasteiger charge is 2.23. The van der Waals surface area contributed by atoms with Crippen molar-refractivity contribution in [2.45, 2.75) is 19.4 Å². The first-order valence-corrected chi connectivity index (χ1v) is 5.89. The number of amides is 1. The predicted molar refractivity (Wildman–Crippen MR) is 69.9 cm³/mol. The Balaban J connectivity index is 2.80. The Bertz CT molecular complexity index is 499. The lowest BCUT2D eigenvalue weighted by molar-refractivity contribution is -0.147. The van der Waals surface area contributed by atoms with Gasteiger partial charge in [-0.1, -0.05) is 25.1 Å². The monoisotopic (exact) mass is 265 g/mol. The number of nitrogens with zero attached hydrogens (tertiary/aromatic N) is 1. The average molecular weight is 265 g/mol. The van der Waals surface area contributed by atoms with Crippen molar-refractivity contribution in [3.05, 3.63) is 41.7 Å². The van der Waals surface area contributed by atoms with E-state index in [4.69, 9.17) is 5.11 Å². The summed E-state index contributed by atoms with van der Waals surface area (Å²) in [5.41, 5.74) is 0.285. The van der Waals surface area contributed by atoms with Gasteiger partial charge in [-0.05, 0) is 18.6 Å². The second-order valence-electron chi connectivity index (χ2n) is 4.07. The van der Waals surface area contributed by atoms with Crippen LogP contribution in [0.2, 0.25) is 0 Å². The van der Waals surface area contributed by atoms with Crippen molar-refractivity contribution in [3.63, 3.8) is 0 Å². The lowest BCUT2D eigenvalue weighted by Gasteiger charge is -2.22. The highest BCUT2D eigenvalue weighted by molar-refractivity contribution is 5.94. The van der Waals surface area contributed by atoms with Gasteiger partial charge >= 0.3 is 5.97 Å². The Hall–Kier alpha value is -2.17. The number of carbonyl (C=O) groups excluding carboxylic acids is 1. The molecule has 0 aliphatic carbocycles. The number of hydrogen-bond donors (Lipinski definition) is 1.